The van der Waals surface area contributed by atoms with E-state index in [1.165, 1.54) is 13.1 Å². The number of pyridine rings is 2. The number of nitrogens with one attached hydrogen (secondary N) is 1. The molecule has 1 saturated heterocycles. The molecule has 0 saturated carbocycles. The lowest BCUT2D eigenvalue weighted by molar-refractivity contribution is -0.140. The standard InChI is InChI=1S/C22H24F3N5O4/c1-15(34-17-4-6-27-21(32)20(17)22(23,24)25)14-33-11-5-19(31)30-9-7-29(8-10-30)18-3-2-16(12-26)13-28-18/h2-4,6,13,15H,5,7-11,14H2,1H3,(H,27,32). The van der Waals surface area contributed by atoms with Crippen LogP contribution in [0.3, 0.4) is 0 Å². The van der Waals surface area contributed by atoms with Gasteiger partial charge in [-0.2, -0.15) is 18.4 Å². The number of H-pyrrole nitrogens is 1. The second-order valence-electron chi connectivity index (χ2n) is 7.68. The fraction of sp³-hybridized carbons (Fsp3) is 0.455. The predicted octanol–water partition coefficient (Wildman–Crippen LogP) is 2.18. The van der Waals surface area contributed by atoms with Crippen LogP contribution in [0.5, 0.6) is 5.75 Å². The number of hydrogen-bond donors (Lipinski definition) is 1. The fourth-order valence-electron chi connectivity index (χ4n) is 3.47. The summed E-state index contributed by atoms with van der Waals surface area (Å²) in [6.45, 7) is 3.80. The number of aromatic amines is 1. The molecule has 1 amide bonds. The lowest BCUT2D eigenvalue weighted by Gasteiger charge is -2.35. The van der Waals surface area contributed by atoms with Crippen LogP contribution in [0.4, 0.5) is 19.0 Å². The highest BCUT2D eigenvalue weighted by Gasteiger charge is 2.38. The van der Waals surface area contributed by atoms with Gasteiger partial charge in [0.15, 0.2) is 5.56 Å². The molecule has 9 nitrogen and oxygen atoms in total. The third kappa shape index (κ3) is 6.48. The van der Waals surface area contributed by atoms with Gasteiger partial charge in [-0.25, -0.2) is 4.98 Å². The molecule has 1 N–H and O–H groups in total. The lowest BCUT2D eigenvalue weighted by Crippen LogP contribution is -2.49. The summed E-state index contributed by atoms with van der Waals surface area (Å²) in [5.41, 5.74) is -2.19. The Morgan fingerprint density at radius 2 is 2.00 bits per heavy atom. The van der Waals surface area contributed by atoms with E-state index in [1.807, 2.05) is 16.0 Å². The second kappa shape index (κ2) is 11.0. The van der Waals surface area contributed by atoms with Crippen LogP contribution in [0.15, 0.2) is 35.4 Å². The number of aromatic nitrogens is 2. The molecule has 1 unspecified atom stereocenters. The largest absolute Gasteiger partial charge is 0.487 e. The zero-order valence-corrected chi connectivity index (χ0v) is 18.5. The molecule has 0 aliphatic carbocycles. The molecular weight excluding hydrogens is 455 g/mol. The third-order valence-electron chi connectivity index (χ3n) is 5.18. The van der Waals surface area contributed by atoms with Crippen LogP contribution in [0, 0.1) is 11.3 Å². The molecule has 1 atom stereocenters. The van der Waals surface area contributed by atoms with Gasteiger partial charge in [0.2, 0.25) is 5.91 Å². The van der Waals surface area contributed by atoms with Gasteiger partial charge in [0.05, 0.1) is 25.2 Å². The molecule has 182 valence electrons. The molecule has 0 radical (unpaired) electrons. The maximum absolute atomic E-state index is 13.1. The van der Waals surface area contributed by atoms with Crippen molar-refractivity contribution in [2.45, 2.75) is 25.6 Å². The summed E-state index contributed by atoms with van der Waals surface area (Å²) in [5, 5.41) is 8.85. The summed E-state index contributed by atoms with van der Waals surface area (Å²) < 4.78 is 49.9. The summed E-state index contributed by atoms with van der Waals surface area (Å²) >= 11 is 0. The molecule has 34 heavy (non-hydrogen) atoms. The summed E-state index contributed by atoms with van der Waals surface area (Å²) in [6, 6.07) is 6.53. The van der Waals surface area contributed by atoms with E-state index >= 15 is 0 Å². The summed E-state index contributed by atoms with van der Waals surface area (Å²) in [7, 11) is 0. The first kappa shape index (κ1) is 25.0. The number of carbonyl (C=O) groups is 1. The predicted molar refractivity (Wildman–Crippen MR) is 115 cm³/mol. The number of nitriles is 1. The fourth-order valence-corrected chi connectivity index (χ4v) is 3.47. The zero-order chi connectivity index (χ0) is 24.7. The van der Waals surface area contributed by atoms with Crippen LogP contribution >= 0.6 is 0 Å². The van der Waals surface area contributed by atoms with Crippen LogP contribution in [0.25, 0.3) is 0 Å². The van der Waals surface area contributed by atoms with Gasteiger partial charge in [-0.1, -0.05) is 0 Å². The van der Waals surface area contributed by atoms with Gasteiger partial charge >= 0.3 is 6.18 Å². The van der Waals surface area contributed by atoms with E-state index in [9.17, 15) is 22.8 Å². The number of rotatable bonds is 8. The third-order valence-corrected chi connectivity index (χ3v) is 5.18. The zero-order valence-electron chi connectivity index (χ0n) is 18.5. The van der Waals surface area contributed by atoms with Crippen molar-refractivity contribution in [1.82, 2.24) is 14.9 Å². The normalized spacial score (nSPS) is 15.0. The van der Waals surface area contributed by atoms with Crippen molar-refractivity contribution in [2.24, 2.45) is 0 Å². The number of anilines is 1. The number of halogens is 3. The summed E-state index contributed by atoms with van der Waals surface area (Å²) in [6.07, 6.45) is -2.90. The maximum atomic E-state index is 13.1. The number of carbonyl (C=O) groups excluding carboxylic acids is 1. The minimum absolute atomic E-state index is 0.0461. The molecule has 0 spiro atoms. The number of piperazine rings is 1. The van der Waals surface area contributed by atoms with Crippen molar-refractivity contribution in [3.63, 3.8) is 0 Å². The van der Waals surface area contributed by atoms with Gasteiger partial charge in [0.25, 0.3) is 5.56 Å². The Balaban J connectivity index is 1.39. The molecule has 12 heteroatoms. The van der Waals surface area contributed by atoms with Crippen molar-refractivity contribution in [3.05, 3.63) is 52.1 Å². The minimum atomic E-state index is -4.85. The highest BCUT2D eigenvalue weighted by Crippen LogP contribution is 2.33. The Morgan fingerprint density at radius 1 is 1.26 bits per heavy atom. The topological polar surface area (TPSA) is 112 Å². The van der Waals surface area contributed by atoms with Crippen molar-refractivity contribution < 1.29 is 27.4 Å². The average molecular weight is 479 g/mol. The molecule has 0 aromatic carbocycles. The van der Waals surface area contributed by atoms with Crippen LogP contribution in [-0.4, -0.2) is 66.3 Å². The average Bonchev–Trinajstić information content (AvgIpc) is 2.81. The Bertz CT molecular complexity index is 1070. The number of amides is 1. The molecule has 1 fully saturated rings. The van der Waals surface area contributed by atoms with Gasteiger partial charge in [0.1, 0.15) is 23.7 Å². The Hall–Kier alpha value is -3.59. The van der Waals surface area contributed by atoms with Gasteiger partial charge < -0.3 is 24.3 Å². The van der Waals surface area contributed by atoms with E-state index in [2.05, 4.69) is 4.98 Å². The number of ether oxygens (including phenoxy) is 2. The first-order valence-electron chi connectivity index (χ1n) is 10.6. The van der Waals surface area contributed by atoms with Crippen molar-refractivity contribution >= 4 is 11.7 Å². The van der Waals surface area contributed by atoms with E-state index in [4.69, 9.17) is 14.7 Å². The van der Waals surface area contributed by atoms with E-state index in [-0.39, 0.29) is 25.5 Å². The van der Waals surface area contributed by atoms with Gasteiger partial charge in [-0.15, -0.1) is 0 Å². The number of hydrogen-bond acceptors (Lipinski definition) is 7. The molecular formula is C22H24F3N5O4. The first-order valence-corrected chi connectivity index (χ1v) is 10.6. The van der Waals surface area contributed by atoms with E-state index in [0.29, 0.717) is 31.7 Å². The lowest BCUT2D eigenvalue weighted by atomic mass is 10.2. The summed E-state index contributed by atoms with van der Waals surface area (Å²) in [4.78, 5) is 34.0. The Kier molecular flexibility index (Phi) is 8.12. The van der Waals surface area contributed by atoms with Crippen LogP contribution in [-0.2, 0) is 15.7 Å². The smallest absolute Gasteiger partial charge is 0.425 e. The van der Waals surface area contributed by atoms with E-state index < -0.39 is 29.2 Å². The van der Waals surface area contributed by atoms with Crippen molar-refractivity contribution in [2.75, 3.05) is 44.3 Å². The molecule has 2 aromatic rings. The number of nitrogens with zero attached hydrogens (tertiary/aromatic N) is 4. The van der Waals surface area contributed by atoms with Crippen LogP contribution in [0.1, 0.15) is 24.5 Å². The summed E-state index contributed by atoms with van der Waals surface area (Å²) in [5.74, 6) is 0.0884. The highest BCUT2D eigenvalue weighted by molar-refractivity contribution is 5.76. The quantitative estimate of drug-likeness (QED) is 0.578. The van der Waals surface area contributed by atoms with Crippen molar-refractivity contribution in [1.29, 1.82) is 5.26 Å². The first-order chi connectivity index (χ1) is 16.2. The molecule has 2 aromatic heterocycles. The molecule has 0 bridgehead atoms. The van der Waals surface area contributed by atoms with Crippen molar-refractivity contribution in [3.8, 4) is 11.8 Å². The Morgan fingerprint density at radius 3 is 2.62 bits per heavy atom. The second-order valence-corrected chi connectivity index (χ2v) is 7.68. The highest BCUT2D eigenvalue weighted by atomic mass is 19.4. The minimum Gasteiger partial charge on any atom is -0.487 e. The molecule has 1 aliphatic rings. The molecule has 1 aliphatic heterocycles. The molecule has 3 rings (SSSR count). The number of alkyl halides is 3. The van der Waals surface area contributed by atoms with Gasteiger partial charge in [-0.3, -0.25) is 9.59 Å². The van der Waals surface area contributed by atoms with Crippen LogP contribution in [0.2, 0.25) is 0 Å². The maximum Gasteiger partial charge on any atom is 0.425 e. The van der Waals surface area contributed by atoms with E-state index in [1.54, 1.807) is 17.0 Å². The van der Waals surface area contributed by atoms with Crippen LogP contribution < -0.4 is 15.2 Å². The monoisotopic (exact) mass is 479 g/mol. The van der Waals surface area contributed by atoms with E-state index in [0.717, 1.165) is 18.1 Å². The SMILES string of the molecule is CC(COCCC(=O)N1CCN(c2ccc(C#N)cn2)CC1)Oc1cc[nH]c(=O)c1C(F)(F)F. The van der Waals surface area contributed by atoms with Gasteiger partial charge in [-0.05, 0) is 25.1 Å². The Labute approximate surface area is 193 Å². The van der Waals surface area contributed by atoms with Gasteiger partial charge in [0, 0.05) is 38.6 Å². The molecule has 3 heterocycles.